The van der Waals surface area contributed by atoms with Crippen LogP contribution in [0.1, 0.15) is 26.7 Å². The van der Waals surface area contributed by atoms with E-state index in [1.54, 1.807) is 13.8 Å². The second kappa shape index (κ2) is 7.08. The lowest BCUT2D eigenvalue weighted by Crippen LogP contribution is -2.30. The molecular weight excluding hydrogens is 186 g/mol. The zero-order valence-corrected chi connectivity index (χ0v) is 8.49. The molecule has 0 aromatic heterocycles. The minimum absolute atomic E-state index is 0.150. The van der Waals surface area contributed by atoms with Gasteiger partial charge in [-0.3, -0.25) is 9.59 Å². The van der Waals surface area contributed by atoms with Gasteiger partial charge in [-0.25, -0.2) is 0 Å². The molecule has 0 aliphatic heterocycles. The van der Waals surface area contributed by atoms with Crippen LogP contribution in [0.15, 0.2) is 12.7 Å². The molecule has 0 atom stereocenters. The lowest BCUT2D eigenvalue weighted by atomic mass is 10.5. The van der Waals surface area contributed by atoms with Crippen LogP contribution in [0, 0.1) is 0 Å². The number of hydroxylamine groups is 2. The first kappa shape index (κ1) is 12.6. The normalized spacial score (nSPS) is 9.64. The van der Waals surface area contributed by atoms with Gasteiger partial charge in [0.25, 0.3) is 0 Å². The summed E-state index contributed by atoms with van der Waals surface area (Å²) in [4.78, 5) is 31.1. The lowest BCUT2D eigenvalue weighted by molar-refractivity contribution is -0.319. The van der Waals surface area contributed by atoms with E-state index in [1.165, 1.54) is 6.08 Å². The molecule has 14 heavy (non-hydrogen) atoms. The molecular formula is C9H15NO4. The van der Waals surface area contributed by atoms with Gasteiger partial charge >= 0.3 is 11.9 Å². The summed E-state index contributed by atoms with van der Waals surface area (Å²) in [5.74, 6) is -0.925. The van der Waals surface area contributed by atoms with E-state index in [1.807, 2.05) is 0 Å². The maximum atomic E-state index is 10.9. The Labute approximate surface area is 83.2 Å². The van der Waals surface area contributed by atoms with Gasteiger partial charge in [-0.2, -0.15) is 0 Å². The number of carbonyl (C=O) groups is 2. The first-order valence-electron chi connectivity index (χ1n) is 4.44. The van der Waals surface area contributed by atoms with E-state index in [9.17, 15) is 9.59 Å². The van der Waals surface area contributed by atoms with Crippen molar-refractivity contribution in [1.82, 2.24) is 5.23 Å². The molecule has 0 amide bonds. The van der Waals surface area contributed by atoms with Gasteiger partial charge in [-0.05, 0) is 0 Å². The third-order valence-electron chi connectivity index (χ3n) is 1.26. The number of hydrogen-bond donors (Lipinski definition) is 0. The molecule has 0 fully saturated rings. The minimum Gasteiger partial charge on any atom is -0.333 e. The van der Waals surface area contributed by atoms with E-state index in [2.05, 4.69) is 6.58 Å². The topological polar surface area (TPSA) is 55.8 Å². The quantitative estimate of drug-likeness (QED) is 0.477. The van der Waals surface area contributed by atoms with E-state index in [-0.39, 0.29) is 19.4 Å². The van der Waals surface area contributed by atoms with Crippen molar-refractivity contribution in [2.24, 2.45) is 0 Å². The highest BCUT2D eigenvalue weighted by Crippen LogP contribution is 1.98. The van der Waals surface area contributed by atoms with E-state index < -0.39 is 11.9 Å². The van der Waals surface area contributed by atoms with Crippen LogP contribution in [0.5, 0.6) is 0 Å². The lowest BCUT2D eigenvalue weighted by Gasteiger charge is -2.17. The van der Waals surface area contributed by atoms with E-state index >= 15 is 0 Å². The van der Waals surface area contributed by atoms with Gasteiger partial charge in [0, 0.05) is 18.1 Å². The van der Waals surface area contributed by atoms with Gasteiger partial charge in [0.1, 0.15) is 0 Å². The fourth-order valence-corrected chi connectivity index (χ4v) is 0.555. The van der Waals surface area contributed by atoms with Gasteiger partial charge in [-0.1, -0.05) is 19.9 Å². The maximum absolute atomic E-state index is 10.9. The number of hydrogen-bond acceptors (Lipinski definition) is 5. The van der Waals surface area contributed by atoms with Crippen molar-refractivity contribution >= 4 is 11.9 Å². The molecule has 0 rings (SSSR count). The molecule has 0 saturated carbocycles. The summed E-state index contributed by atoms with van der Waals surface area (Å²) in [5.41, 5.74) is 0. The Balaban J connectivity index is 4.07. The molecule has 0 unspecified atom stereocenters. The van der Waals surface area contributed by atoms with Crippen LogP contribution < -0.4 is 0 Å². The first-order chi connectivity index (χ1) is 6.63. The summed E-state index contributed by atoms with van der Waals surface area (Å²) in [6, 6.07) is 0. The highest BCUT2D eigenvalue weighted by atomic mass is 17.0. The summed E-state index contributed by atoms with van der Waals surface area (Å²) in [6.45, 7) is 6.89. The second-order valence-corrected chi connectivity index (χ2v) is 2.44. The molecule has 80 valence electrons. The zero-order chi connectivity index (χ0) is 11.0. The third-order valence-corrected chi connectivity index (χ3v) is 1.26. The predicted molar refractivity (Wildman–Crippen MR) is 49.7 cm³/mol. The van der Waals surface area contributed by atoms with E-state index in [4.69, 9.17) is 9.68 Å². The monoisotopic (exact) mass is 201 g/mol. The number of carbonyl (C=O) groups excluding carboxylic acids is 2. The van der Waals surface area contributed by atoms with Crippen LogP contribution in [-0.2, 0) is 19.3 Å². The third kappa shape index (κ3) is 5.31. The fraction of sp³-hybridized carbons (Fsp3) is 0.556. The summed E-state index contributed by atoms with van der Waals surface area (Å²) >= 11 is 0. The molecule has 0 aliphatic carbocycles. The van der Waals surface area contributed by atoms with Crippen molar-refractivity contribution in [2.45, 2.75) is 26.7 Å². The van der Waals surface area contributed by atoms with Crippen LogP contribution in [0.3, 0.4) is 0 Å². The van der Waals surface area contributed by atoms with Gasteiger partial charge in [-0.15, -0.1) is 6.58 Å². The van der Waals surface area contributed by atoms with Gasteiger partial charge < -0.3 is 9.68 Å². The molecule has 0 N–H and O–H groups in total. The fourth-order valence-electron chi connectivity index (χ4n) is 0.555. The van der Waals surface area contributed by atoms with Crippen molar-refractivity contribution < 1.29 is 19.3 Å². The Kier molecular flexibility index (Phi) is 6.39. The molecule has 0 spiro atoms. The van der Waals surface area contributed by atoms with Gasteiger partial charge in [0.15, 0.2) is 0 Å². The van der Waals surface area contributed by atoms with Crippen molar-refractivity contribution in [2.75, 3.05) is 6.54 Å². The van der Waals surface area contributed by atoms with Crippen LogP contribution in [0.2, 0.25) is 0 Å². The largest absolute Gasteiger partial charge is 0.333 e. The molecule has 0 radical (unpaired) electrons. The van der Waals surface area contributed by atoms with E-state index in [0.29, 0.717) is 0 Å². The Hall–Kier alpha value is -1.36. The van der Waals surface area contributed by atoms with Crippen LogP contribution >= 0.6 is 0 Å². The molecule has 0 heterocycles. The van der Waals surface area contributed by atoms with Gasteiger partial charge in [0.2, 0.25) is 0 Å². The molecule has 0 aliphatic rings. The Morgan fingerprint density at radius 3 is 1.93 bits per heavy atom. The highest BCUT2D eigenvalue weighted by Gasteiger charge is 2.13. The van der Waals surface area contributed by atoms with Crippen molar-refractivity contribution in [1.29, 1.82) is 0 Å². The van der Waals surface area contributed by atoms with Crippen molar-refractivity contribution in [3.8, 4) is 0 Å². The number of rotatable bonds is 6. The molecule has 0 bridgehead atoms. The summed E-state index contributed by atoms with van der Waals surface area (Å²) in [6.07, 6.45) is 1.90. The Morgan fingerprint density at radius 1 is 1.21 bits per heavy atom. The van der Waals surface area contributed by atoms with Crippen molar-refractivity contribution in [3.63, 3.8) is 0 Å². The summed E-state index contributed by atoms with van der Waals surface area (Å²) in [5, 5.41) is 0.824. The average molecular weight is 201 g/mol. The highest BCUT2D eigenvalue weighted by molar-refractivity contribution is 5.70. The molecule has 0 saturated heterocycles. The molecule has 5 heteroatoms. The average Bonchev–Trinajstić information content (AvgIpc) is 2.17. The molecule has 0 aromatic rings. The summed E-state index contributed by atoms with van der Waals surface area (Å²) < 4.78 is 0. The Bertz CT molecular complexity index is 197. The predicted octanol–water partition coefficient (Wildman–Crippen LogP) is 1.21. The zero-order valence-electron chi connectivity index (χ0n) is 8.49. The standard InChI is InChI=1S/C9H15NO4/c1-4-7-10(13-8(11)5-2)14-9(12)6-3/h4H,1,5-7H2,2-3H3. The number of nitrogens with zero attached hydrogens (tertiary/aromatic N) is 1. The summed E-state index contributed by atoms with van der Waals surface area (Å²) in [7, 11) is 0. The van der Waals surface area contributed by atoms with Gasteiger partial charge in [0.05, 0.1) is 6.54 Å². The smallest absolute Gasteiger partial charge is 0.328 e. The van der Waals surface area contributed by atoms with Crippen LogP contribution in [0.25, 0.3) is 0 Å². The Morgan fingerprint density at radius 2 is 1.64 bits per heavy atom. The first-order valence-corrected chi connectivity index (χ1v) is 4.44. The van der Waals surface area contributed by atoms with Crippen molar-refractivity contribution in [3.05, 3.63) is 12.7 Å². The minimum atomic E-state index is -0.462. The second-order valence-electron chi connectivity index (χ2n) is 2.44. The van der Waals surface area contributed by atoms with E-state index in [0.717, 1.165) is 5.23 Å². The molecule has 5 nitrogen and oxygen atoms in total. The van der Waals surface area contributed by atoms with Crippen LogP contribution in [0.4, 0.5) is 0 Å². The maximum Gasteiger partial charge on any atom is 0.328 e. The van der Waals surface area contributed by atoms with Crippen LogP contribution in [-0.4, -0.2) is 23.7 Å². The SMILES string of the molecule is C=CCN(OC(=O)CC)OC(=O)CC. The molecule has 0 aromatic carbocycles.